The fraction of sp³-hybridized carbons (Fsp3) is 0.625. The summed E-state index contributed by atoms with van der Waals surface area (Å²) in [7, 11) is 1.73. The summed E-state index contributed by atoms with van der Waals surface area (Å²) in [6.07, 6.45) is 1.39. The average molecular weight is 260 g/mol. The second kappa shape index (κ2) is 5.14. The molecule has 3 heteroatoms. The molecule has 1 aromatic carbocycles. The van der Waals surface area contributed by atoms with Gasteiger partial charge in [0, 0.05) is 31.7 Å². The second-order valence-corrected chi connectivity index (χ2v) is 5.86. The molecule has 3 fully saturated rings. The quantitative estimate of drug-likeness (QED) is 0.826. The van der Waals surface area contributed by atoms with Crippen molar-refractivity contribution in [1.29, 1.82) is 0 Å². The van der Waals surface area contributed by atoms with Crippen molar-refractivity contribution >= 4 is 0 Å². The smallest absolute Gasteiger partial charge is 0.119 e. The van der Waals surface area contributed by atoms with Gasteiger partial charge in [0.2, 0.25) is 0 Å². The maximum absolute atomic E-state index is 5.28. The van der Waals surface area contributed by atoms with Crippen LogP contribution in [-0.2, 0) is 6.54 Å². The number of ether oxygens (including phenoxy) is 1. The van der Waals surface area contributed by atoms with Crippen LogP contribution < -0.4 is 4.74 Å². The lowest BCUT2D eigenvalue weighted by molar-refractivity contribution is -0.0732. The highest BCUT2D eigenvalue weighted by atomic mass is 16.5. The highest BCUT2D eigenvalue weighted by molar-refractivity contribution is 5.35. The van der Waals surface area contributed by atoms with E-state index in [2.05, 4.69) is 41.8 Å². The summed E-state index contributed by atoms with van der Waals surface area (Å²) in [5.41, 5.74) is 2.79. The molecule has 3 heterocycles. The molecule has 19 heavy (non-hydrogen) atoms. The molecule has 2 unspecified atom stereocenters. The van der Waals surface area contributed by atoms with Gasteiger partial charge in [-0.05, 0) is 43.1 Å². The van der Waals surface area contributed by atoms with Crippen molar-refractivity contribution in [1.82, 2.24) is 9.80 Å². The highest BCUT2D eigenvalue weighted by Gasteiger charge is 2.43. The first-order valence-electron chi connectivity index (χ1n) is 7.33. The van der Waals surface area contributed by atoms with Crippen LogP contribution in [0.5, 0.6) is 5.75 Å². The van der Waals surface area contributed by atoms with Crippen LogP contribution in [0.2, 0.25) is 0 Å². The number of benzene rings is 1. The van der Waals surface area contributed by atoms with Gasteiger partial charge in [0.15, 0.2) is 0 Å². The van der Waals surface area contributed by atoms with E-state index < -0.39 is 0 Å². The number of likely N-dealkylation sites (N-methyl/N-ethyl adjacent to an activating group) is 1. The Kier molecular flexibility index (Phi) is 3.50. The van der Waals surface area contributed by atoms with Gasteiger partial charge in [0.05, 0.1) is 7.11 Å². The fourth-order valence-electron chi connectivity index (χ4n) is 3.46. The number of hydrogen-bond acceptors (Lipinski definition) is 3. The SMILES string of the molecule is CCN1CC2CC(C1)N2Cc1ccc(OC)cc1C. The predicted octanol–water partition coefficient (Wildman–Crippen LogP) is 2.28. The number of hydrogen-bond donors (Lipinski definition) is 0. The van der Waals surface area contributed by atoms with Crippen LogP contribution in [0.4, 0.5) is 0 Å². The van der Waals surface area contributed by atoms with Gasteiger partial charge in [0.1, 0.15) is 5.75 Å². The molecule has 0 spiro atoms. The Labute approximate surface area is 116 Å². The molecule has 0 N–H and O–H groups in total. The number of fused-ring (bicyclic) bond motifs is 2. The van der Waals surface area contributed by atoms with Gasteiger partial charge in [-0.25, -0.2) is 0 Å². The molecule has 2 atom stereocenters. The molecule has 3 aliphatic heterocycles. The first-order chi connectivity index (χ1) is 9.21. The lowest BCUT2D eigenvalue weighted by atomic mass is 9.86. The van der Waals surface area contributed by atoms with E-state index in [-0.39, 0.29) is 0 Å². The fourth-order valence-corrected chi connectivity index (χ4v) is 3.46. The third kappa shape index (κ3) is 2.37. The zero-order valence-electron chi connectivity index (χ0n) is 12.2. The Morgan fingerprint density at radius 2 is 2.00 bits per heavy atom. The number of methoxy groups -OCH3 is 1. The molecular formula is C16H24N2O. The van der Waals surface area contributed by atoms with Crippen LogP contribution in [0, 0.1) is 6.92 Å². The monoisotopic (exact) mass is 260 g/mol. The molecule has 3 nitrogen and oxygen atoms in total. The van der Waals surface area contributed by atoms with Crippen LogP contribution in [0.15, 0.2) is 18.2 Å². The highest BCUT2D eigenvalue weighted by Crippen LogP contribution is 2.34. The molecule has 2 bridgehead atoms. The minimum absolute atomic E-state index is 0.778. The van der Waals surface area contributed by atoms with Crippen molar-refractivity contribution in [2.75, 3.05) is 26.7 Å². The van der Waals surface area contributed by atoms with Gasteiger partial charge in [-0.3, -0.25) is 4.90 Å². The van der Waals surface area contributed by atoms with Crippen molar-refractivity contribution in [2.45, 2.75) is 38.9 Å². The summed E-state index contributed by atoms with van der Waals surface area (Å²) in [6.45, 7) is 9.25. The summed E-state index contributed by atoms with van der Waals surface area (Å²) >= 11 is 0. The maximum Gasteiger partial charge on any atom is 0.119 e. The Bertz CT molecular complexity index is 448. The van der Waals surface area contributed by atoms with Crippen LogP contribution >= 0.6 is 0 Å². The minimum Gasteiger partial charge on any atom is -0.497 e. The molecule has 4 rings (SSSR count). The lowest BCUT2D eigenvalue weighted by Crippen LogP contribution is -2.67. The first kappa shape index (κ1) is 12.9. The van der Waals surface area contributed by atoms with Gasteiger partial charge >= 0.3 is 0 Å². The molecule has 0 saturated carbocycles. The third-order valence-electron chi connectivity index (χ3n) is 4.77. The molecule has 0 aromatic heterocycles. The summed E-state index contributed by atoms with van der Waals surface area (Å²) in [5, 5.41) is 0. The van der Waals surface area contributed by atoms with E-state index >= 15 is 0 Å². The first-order valence-corrected chi connectivity index (χ1v) is 7.33. The van der Waals surface area contributed by atoms with Gasteiger partial charge in [-0.15, -0.1) is 0 Å². The van der Waals surface area contributed by atoms with Crippen molar-refractivity contribution in [2.24, 2.45) is 0 Å². The standard InChI is InChI=1S/C16H24N2O/c1-4-17-10-14-8-15(11-17)18(14)9-13-5-6-16(19-3)7-12(13)2/h5-7,14-15H,4,8-11H2,1-3H3. The molecule has 0 aliphatic carbocycles. The minimum atomic E-state index is 0.778. The van der Waals surface area contributed by atoms with E-state index in [0.29, 0.717) is 0 Å². The number of piperazine rings is 1. The maximum atomic E-state index is 5.28. The Morgan fingerprint density at radius 3 is 2.58 bits per heavy atom. The number of aryl methyl sites for hydroxylation is 1. The van der Waals surface area contributed by atoms with Crippen molar-refractivity contribution in [3.8, 4) is 5.75 Å². The summed E-state index contributed by atoms with van der Waals surface area (Å²) in [4.78, 5) is 5.26. The van der Waals surface area contributed by atoms with Gasteiger partial charge in [-0.2, -0.15) is 0 Å². The van der Waals surface area contributed by atoms with E-state index in [0.717, 1.165) is 24.4 Å². The topological polar surface area (TPSA) is 15.7 Å². The Hall–Kier alpha value is -1.06. The average Bonchev–Trinajstić information content (AvgIpc) is 2.45. The largest absolute Gasteiger partial charge is 0.497 e. The van der Waals surface area contributed by atoms with Crippen LogP contribution in [-0.4, -0.2) is 48.6 Å². The van der Waals surface area contributed by atoms with Crippen LogP contribution in [0.25, 0.3) is 0 Å². The zero-order valence-corrected chi connectivity index (χ0v) is 12.2. The van der Waals surface area contributed by atoms with Gasteiger partial charge in [0.25, 0.3) is 0 Å². The van der Waals surface area contributed by atoms with Gasteiger partial charge < -0.3 is 9.64 Å². The van der Waals surface area contributed by atoms with Crippen molar-refractivity contribution in [3.63, 3.8) is 0 Å². The Balaban J connectivity index is 1.67. The van der Waals surface area contributed by atoms with E-state index in [9.17, 15) is 0 Å². The summed E-state index contributed by atoms with van der Waals surface area (Å²) in [6, 6.07) is 8.00. The summed E-state index contributed by atoms with van der Waals surface area (Å²) < 4.78 is 5.28. The molecule has 3 aliphatic rings. The lowest BCUT2D eigenvalue weighted by Gasteiger charge is -2.56. The molecular weight excluding hydrogens is 236 g/mol. The molecule has 1 aromatic rings. The normalized spacial score (nSPS) is 27.1. The number of rotatable bonds is 4. The predicted molar refractivity (Wildman–Crippen MR) is 77.6 cm³/mol. The van der Waals surface area contributed by atoms with Crippen molar-refractivity contribution < 1.29 is 4.74 Å². The van der Waals surface area contributed by atoms with E-state index in [1.54, 1.807) is 7.11 Å². The Morgan fingerprint density at radius 1 is 1.26 bits per heavy atom. The van der Waals surface area contributed by atoms with E-state index in [4.69, 9.17) is 4.74 Å². The van der Waals surface area contributed by atoms with Crippen molar-refractivity contribution in [3.05, 3.63) is 29.3 Å². The summed E-state index contributed by atoms with van der Waals surface area (Å²) in [5.74, 6) is 0.960. The van der Waals surface area contributed by atoms with Crippen LogP contribution in [0.3, 0.4) is 0 Å². The number of piperidine rings is 1. The molecule has 3 saturated heterocycles. The van der Waals surface area contributed by atoms with Gasteiger partial charge in [-0.1, -0.05) is 13.0 Å². The zero-order chi connectivity index (χ0) is 13.4. The van der Waals surface area contributed by atoms with E-state index in [1.807, 2.05) is 0 Å². The molecule has 0 amide bonds. The third-order valence-corrected chi connectivity index (χ3v) is 4.77. The molecule has 0 radical (unpaired) electrons. The number of nitrogens with zero attached hydrogens (tertiary/aromatic N) is 2. The van der Waals surface area contributed by atoms with E-state index in [1.165, 1.54) is 37.2 Å². The second-order valence-electron chi connectivity index (χ2n) is 5.86. The van der Waals surface area contributed by atoms with Crippen LogP contribution in [0.1, 0.15) is 24.5 Å². The molecule has 104 valence electrons.